The molecule has 1 N–H and O–H groups in total. The summed E-state index contributed by atoms with van der Waals surface area (Å²) in [5, 5.41) is 3.15. The molecule has 0 aliphatic heterocycles. The fourth-order valence-corrected chi connectivity index (χ4v) is 2.34. The summed E-state index contributed by atoms with van der Waals surface area (Å²) in [7, 11) is 5.25. The number of likely N-dealkylation sites (N-methyl/N-ethyl adjacent to an activating group) is 1. The van der Waals surface area contributed by atoms with Crippen molar-refractivity contribution in [2.75, 3.05) is 27.8 Å². The smallest absolute Gasteiger partial charge is 0.151 e. The van der Waals surface area contributed by atoms with Crippen molar-refractivity contribution in [2.24, 2.45) is 0 Å². The van der Waals surface area contributed by atoms with Gasteiger partial charge in [0.15, 0.2) is 6.10 Å². The van der Waals surface area contributed by atoms with E-state index < -0.39 is 0 Å². The highest BCUT2D eigenvalue weighted by Crippen LogP contribution is 2.28. The molecule has 0 fully saturated rings. The molecule has 0 aromatic heterocycles. The molecule has 2 aromatic rings. The lowest BCUT2D eigenvalue weighted by Gasteiger charge is -2.27. The van der Waals surface area contributed by atoms with Crippen LogP contribution in [-0.4, -0.2) is 33.9 Å². The number of methoxy groups -OCH3 is 2. The molecule has 0 spiro atoms. The zero-order chi connectivity index (χ0) is 15.8. The Morgan fingerprint density at radius 2 is 1.68 bits per heavy atom. The normalized spacial score (nSPS) is 13.4. The van der Waals surface area contributed by atoms with Gasteiger partial charge in [-0.1, -0.05) is 36.4 Å². The zero-order valence-corrected chi connectivity index (χ0v) is 13.3. The molecule has 0 heterocycles. The Kier molecular flexibility index (Phi) is 6.25. The topological polar surface area (TPSA) is 39.7 Å². The highest BCUT2D eigenvalue weighted by atomic mass is 16.5. The van der Waals surface area contributed by atoms with Crippen LogP contribution in [0.4, 0.5) is 0 Å². The fourth-order valence-electron chi connectivity index (χ4n) is 2.34. The van der Waals surface area contributed by atoms with Crippen molar-refractivity contribution >= 4 is 0 Å². The Balaban J connectivity index is 2.27. The predicted molar refractivity (Wildman–Crippen MR) is 87.5 cm³/mol. The van der Waals surface area contributed by atoms with Crippen molar-refractivity contribution in [1.82, 2.24) is 5.32 Å². The summed E-state index contributed by atoms with van der Waals surface area (Å²) in [6.45, 7) is 0.694. The minimum Gasteiger partial charge on any atom is -0.497 e. The number of nitrogens with one attached hydrogen (secondary N) is 1. The van der Waals surface area contributed by atoms with Crippen LogP contribution in [0, 0.1) is 0 Å². The van der Waals surface area contributed by atoms with E-state index in [9.17, 15) is 0 Å². The maximum atomic E-state index is 6.20. The summed E-state index contributed by atoms with van der Waals surface area (Å²) in [4.78, 5) is 0. The van der Waals surface area contributed by atoms with E-state index in [1.165, 1.54) is 0 Å². The summed E-state index contributed by atoms with van der Waals surface area (Å²) in [5.74, 6) is 1.53. The highest BCUT2D eigenvalue weighted by Gasteiger charge is 2.24. The first-order valence-electron chi connectivity index (χ1n) is 7.31. The van der Waals surface area contributed by atoms with E-state index >= 15 is 0 Å². The van der Waals surface area contributed by atoms with Crippen LogP contribution in [0.2, 0.25) is 0 Å². The van der Waals surface area contributed by atoms with Crippen molar-refractivity contribution in [3.8, 4) is 11.5 Å². The summed E-state index contributed by atoms with van der Waals surface area (Å²) in [6.07, 6.45) is -0.302. The van der Waals surface area contributed by atoms with E-state index in [0.717, 1.165) is 17.1 Å². The van der Waals surface area contributed by atoms with Gasteiger partial charge in [-0.25, -0.2) is 0 Å². The average Bonchev–Trinajstić information content (AvgIpc) is 2.59. The molecule has 4 nitrogen and oxygen atoms in total. The SMILES string of the molecule is CNCC(OC)C(Oc1cccc(OC)c1)c1ccccc1. The third-order valence-corrected chi connectivity index (χ3v) is 3.48. The predicted octanol–water partition coefficient (Wildman–Crippen LogP) is 3.05. The molecular formula is C18H23NO3. The molecule has 2 unspecified atom stereocenters. The van der Waals surface area contributed by atoms with Crippen LogP contribution in [0.25, 0.3) is 0 Å². The zero-order valence-electron chi connectivity index (χ0n) is 13.3. The molecule has 0 radical (unpaired) electrons. The summed E-state index contributed by atoms with van der Waals surface area (Å²) >= 11 is 0. The minimum absolute atomic E-state index is 0.0985. The second-order valence-corrected chi connectivity index (χ2v) is 4.96. The largest absolute Gasteiger partial charge is 0.497 e. The first kappa shape index (κ1) is 16.3. The van der Waals surface area contributed by atoms with Gasteiger partial charge in [0.05, 0.1) is 7.11 Å². The van der Waals surface area contributed by atoms with Crippen LogP contribution in [0.1, 0.15) is 11.7 Å². The van der Waals surface area contributed by atoms with Crippen molar-refractivity contribution < 1.29 is 14.2 Å². The Labute approximate surface area is 132 Å². The van der Waals surface area contributed by atoms with E-state index in [0.29, 0.717) is 6.54 Å². The van der Waals surface area contributed by atoms with E-state index in [1.807, 2.05) is 61.6 Å². The van der Waals surface area contributed by atoms with Crippen molar-refractivity contribution in [2.45, 2.75) is 12.2 Å². The molecule has 0 aliphatic carbocycles. The van der Waals surface area contributed by atoms with Gasteiger partial charge in [-0.3, -0.25) is 0 Å². The molecule has 2 aromatic carbocycles. The first-order valence-corrected chi connectivity index (χ1v) is 7.31. The number of benzene rings is 2. The molecular weight excluding hydrogens is 278 g/mol. The van der Waals surface area contributed by atoms with Gasteiger partial charge in [-0.2, -0.15) is 0 Å². The van der Waals surface area contributed by atoms with Gasteiger partial charge < -0.3 is 19.5 Å². The van der Waals surface area contributed by atoms with Crippen molar-refractivity contribution in [1.29, 1.82) is 0 Å². The monoisotopic (exact) mass is 301 g/mol. The lowest BCUT2D eigenvalue weighted by molar-refractivity contribution is 0.00252. The maximum absolute atomic E-state index is 6.20. The van der Waals surface area contributed by atoms with Gasteiger partial charge in [-0.05, 0) is 24.7 Å². The highest BCUT2D eigenvalue weighted by molar-refractivity contribution is 5.34. The molecule has 118 valence electrons. The Bertz CT molecular complexity index is 559. The van der Waals surface area contributed by atoms with Crippen molar-refractivity contribution in [3.05, 3.63) is 60.2 Å². The van der Waals surface area contributed by atoms with Gasteiger partial charge in [0.1, 0.15) is 17.6 Å². The third kappa shape index (κ3) is 4.23. The van der Waals surface area contributed by atoms with E-state index in [2.05, 4.69) is 5.32 Å². The van der Waals surface area contributed by atoms with Gasteiger partial charge in [-0.15, -0.1) is 0 Å². The Morgan fingerprint density at radius 3 is 2.32 bits per heavy atom. The molecule has 0 aliphatic rings. The molecule has 2 rings (SSSR count). The summed E-state index contributed by atoms with van der Waals surface area (Å²) in [6, 6.07) is 17.7. The van der Waals surface area contributed by atoms with Crippen LogP contribution < -0.4 is 14.8 Å². The second kappa shape index (κ2) is 8.41. The molecule has 4 heteroatoms. The van der Waals surface area contributed by atoms with Crippen LogP contribution >= 0.6 is 0 Å². The van der Waals surface area contributed by atoms with Crippen LogP contribution in [0.15, 0.2) is 54.6 Å². The van der Waals surface area contributed by atoms with Crippen LogP contribution in [0.3, 0.4) is 0 Å². The van der Waals surface area contributed by atoms with Gasteiger partial charge in [0, 0.05) is 19.7 Å². The minimum atomic E-state index is -0.203. The molecule has 2 atom stereocenters. The van der Waals surface area contributed by atoms with Gasteiger partial charge in [0.25, 0.3) is 0 Å². The molecule has 22 heavy (non-hydrogen) atoms. The lowest BCUT2D eigenvalue weighted by atomic mass is 10.0. The fraction of sp³-hybridized carbons (Fsp3) is 0.333. The third-order valence-electron chi connectivity index (χ3n) is 3.48. The Morgan fingerprint density at radius 1 is 0.955 bits per heavy atom. The first-order chi connectivity index (χ1) is 10.8. The molecule has 0 saturated carbocycles. The summed E-state index contributed by atoms with van der Waals surface area (Å²) in [5.41, 5.74) is 1.08. The van der Waals surface area contributed by atoms with E-state index in [4.69, 9.17) is 14.2 Å². The number of hydrogen-bond acceptors (Lipinski definition) is 4. The average molecular weight is 301 g/mol. The Hall–Kier alpha value is -2.04. The van der Waals surface area contributed by atoms with E-state index in [-0.39, 0.29) is 12.2 Å². The quantitative estimate of drug-likeness (QED) is 0.813. The number of rotatable bonds is 8. The van der Waals surface area contributed by atoms with Crippen molar-refractivity contribution in [3.63, 3.8) is 0 Å². The standard InChI is InChI=1S/C18H23NO3/c1-19-13-17(21-3)18(14-8-5-4-6-9-14)22-16-11-7-10-15(12-16)20-2/h4-12,17-19H,13H2,1-3H3. The van der Waals surface area contributed by atoms with Crippen LogP contribution in [0.5, 0.6) is 11.5 Å². The maximum Gasteiger partial charge on any atom is 0.151 e. The van der Waals surface area contributed by atoms with Gasteiger partial charge in [0.2, 0.25) is 0 Å². The lowest BCUT2D eigenvalue weighted by Crippen LogP contribution is -2.34. The van der Waals surface area contributed by atoms with E-state index in [1.54, 1.807) is 14.2 Å². The number of hydrogen-bond donors (Lipinski definition) is 1. The molecule has 0 bridgehead atoms. The summed E-state index contributed by atoms with van der Waals surface area (Å²) < 4.78 is 17.1. The molecule has 0 saturated heterocycles. The van der Waals surface area contributed by atoms with Gasteiger partial charge >= 0.3 is 0 Å². The molecule has 0 amide bonds. The van der Waals surface area contributed by atoms with Crippen LogP contribution in [-0.2, 0) is 4.74 Å². The second-order valence-electron chi connectivity index (χ2n) is 4.96. The number of ether oxygens (including phenoxy) is 3.